The third kappa shape index (κ3) is 9.39. The molecule has 0 saturated heterocycles. The molecule has 2 aromatic carbocycles. The molecule has 0 spiro atoms. The monoisotopic (exact) mass is 479 g/mol. The van der Waals surface area contributed by atoms with Crippen LogP contribution in [0, 0.1) is 0 Å². The van der Waals surface area contributed by atoms with E-state index in [-0.39, 0.29) is 17.3 Å². The Labute approximate surface area is 193 Å². The Morgan fingerprint density at radius 3 is 2.00 bits per heavy atom. The van der Waals surface area contributed by atoms with Crippen LogP contribution in [0.5, 0.6) is 0 Å². The van der Waals surface area contributed by atoms with Gasteiger partial charge in [-0.15, -0.1) is 0 Å². The second-order valence-corrected chi connectivity index (χ2v) is 8.87. The zero-order valence-electron chi connectivity index (χ0n) is 18.8. The Balaban J connectivity index is 0.000000801. The standard InChI is InChI=1S/C20H27N3O3S.C2H2O4/c1-4-23(5-2)27(25,26)19-13-9-12-18(14-19)21-20(24)16-22(3)15-17-10-7-6-8-11-17;3-1(4)2(5)6/h6-14H,4-5,15-16H2,1-3H3,(H,21,24);(H,3,4)(H,5,6). The molecule has 0 aliphatic rings. The number of amides is 1. The van der Waals surface area contributed by atoms with Crippen molar-refractivity contribution in [3.05, 3.63) is 60.2 Å². The van der Waals surface area contributed by atoms with Crippen LogP contribution in [-0.4, -0.2) is 72.4 Å². The number of hydrogen-bond acceptors (Lipinski definition) is 6. The van der Waals surface area contributed by atoms with Crippen LogP contribution in [0.4, 0.5) is 5.69 Å². The summed E-state index contributed by atoms with van der Waals surface area (Å²) in [6.07, 6.45) is 0. The molecule has 33 heavy (non-hydrogen) atoms. The van der Waals surface area contributed by atoms with E-state index in [0.29, 0.717) is 25.3 Å². The highest BCUT2D eigenvalue weighted by atomic mass is 32.2. The maximum absolute atomic E-state index is 12.6. The fourth-order valence-corrected chi connectivity index (χ4v) is 4.35. The highest BCUT2D eigenvalue weighted by molar-refractivity contribution is 7.89. The number of likely N-dealkylation sites (N-methyl/N-ethyl adjacent to an activating group) is 1. The quantitative estimate of drug-likeness (QED) is 0.463. The molecule has 0 aliphatic carbocycles. The van der Waals surface area contributed by atoms with Crippen LogP contribution in [0.3, 0.4) is 0 Å². The number of nitrogens with one attached hydrogen (secondary N) is 1. The molecule has 1 amide bonds. The molecule has 2 rings (SSSR count). The van der Waals surface area contributed by atoms with Gasteiger partial charge in [0.2, 0.25) is 15.9 Å². The Hall–Kier alpha value is -3.28. The molecule has 0 fully saturated rings. The van der Waals surface area contributed by atoms with Gasteiger partial charge in [0.25, 0.3) is 0 Å². The normalized spacial score (nSPS) is 10.9. The third-order valence-corrected chi connectivity index (χ3v) is 6.40. The van der Waals surface area contributed by atoms with Gasteiger partial charge in [0.15, 0.2) is 0 Å². The van der Waals surface area contributed by atoms with Crippen molar-refractivity contribution >= 4 is 33.6 Å². The van der Waals surface area contributed by atoms with Crippen molar-refractivity contribution in [2.45, 2.75) is 25.3 Å². The summed E-state index contributed by atoms with van der Waals surface area (Å²) in [5.41, 5.74) is 1.60. The lowest BCUT2D eigenvalue weighted by atomic mass is 10.2. The van der Waals surface area contributed by atoms with Crippen LogP contribution >= 0.6 is 0 Å². The first-order chi connectivity index (χ1) is 15.5. The molecule has 0 unspecified atom stereocenters. The van der Waals surface area contributed by atoms with Gasteiger partial charge in [-0.3, -0.25) is 9.69 Å². The number of carbonyl (C=O) groups excluding carboxylic acids is 1. The van der Waals surface area contributed by atoms with Gasteiger partial charge < -0.3 is 15.5 Å². The van der Waals surface area contributed by atoms with Crippen molar-refractivity contribution in [2.24, 2.45) is 0 Å². The molecule has 0 saturated carbocycles. The number of carboxylic acid groups (broad SMARTS) is 2. The van der Waals surface area contributed by atoms with E-state index in [2.05, 4.69) is 5.32 Å². The van der Waals surface area contributed by atoms with Gasteiger partial charge in [-0.1, -0.05) is 50.2 Å². The summed E-state index contributed by atoms with van der Waals surface area (Å²) in [6.45, 7) is 5.27. The van der Waals surface area contributed by atoms with E-state index in [9.17, 15) is 13.2 Å². The van der Waals surface area contributed by atoms with Crippen LogP contribution in [0.2, 0.25) is 0 Å². The smallest absolute Gasteiger partial charge is 0.414 e. The number of benzene rings is 2. The second-order valence-electron chi connectivity index (χ2n) is 6.93. The third-order valence-electron chi connectivity index (χ3n) is 4.35. The Bertz CT molecular complexity index is 1030. The molecule has 0 aromatic heterocycles. The van der Waals surface area contributed by atoms with E-state index in [0.717, 1.165) is 5.56 Å². The average Bonchev–Trinajstić information content (AvgIpc) is 2.75. The van der Waals surface area contributed by atoms with Gasteiger partial charge >= 0.3 is 11.9 Å². The minimum atomic E-state index is -3.55. The van der Waals surface area contributed by atoms with E-state index in [1.165, 1.54) is 10.4 Å². The summed E-state index contributed by atoms with van der Waals surface area (Å²) in [5.74, 6) is -3.84. The summed E-state index contributed by atoms with van der Waals surface area (Å²) in [6, 6.07) is 16.3. The first-order valence-electron chi connectivity index (χ1n) is 10.1. The number of carboxylic acids is 2. The molecular weight excluding hydrogens is 450 g/mol. The summed E-state index contributed by atoms with van der Waals surface area (Å²) >= 11 is 0. The van der Waals surface area contributed by atoms with E-state index >= 15 is 0 Å². The molecule has 0 heterocycles. The highest BCUT2D eigenvalue weighted by Crippen LogP contribution is 2.19. The number of sulfonamides is 1. The van der Waals surface area contributed by atoms with Gasteiger partial charge in [0.1, 0.15) is 0 Å². The molecule has 0 aliphatic heterocycles. The van der Waals surface area contributed by atoms with Gasteiger partial charge in [-0.05, 0) is 30.8 Å². The molecule has 0 bridgehead atoms. The SMILES string of the molecule is CCN(CC)S(=O)(=O)c1cccc(NC(=O)CN(C)Cc2ccccc2)c1.O=C(O)C(=O)O. The minimum absolute atomic E-state index is 0.182. The summed E-state index contributed by atoms with van der Waals surface area (Å²) in [5, 5.41) is 17.6. The van der Waals surface area contributed by atoms with Crippen molar-refractivity contribution in [1.29, 1.82) is 0 Å². The van der Waals surface area contributed by atoms with Crippen LogP contribution < -0.4 is 5.32 Å². The van der Waals surface area contributed by atoms with E-state index in [4.69, 9.17) is 19.8 Å². The molecule has 10 nitrogen and oxygen atoms in total. The van der Waals surface area contributed by atoms with Gasteiger partial charge in [-0.2, -0.15) is 4.31 Å². The number of aliphatic carboxylic acids is 2. The number of carbonyl (C=O) groups is 3. The van der Waals surface area contributed by atoms with Crippen molar-refractivity contribution in [1.82, 2.24) is 9.21 Å². The van der Waals surface area contributed by atoms with Gasteiger partial charge in [0, 0.05) is 25.3 Å². The maximum Gasteiger partial charge on any atom is 0.414 e. The first-order valence-corrected chi connectivity index (χ1v) is 11.5. The highest BCUT2D eigenvalue weighted by Gasteiger charge is 2.21. The zero-order valence-corrected chi connectivity index (χ0v) is 19.6. The predicted molar refractivity (Wildman–Crippen MR) is 123 cm³/mol. The average molecular weight is 480 g/mol. The fraction of sp³-hybridized carbons (Fsp3) is 0.318. The molecule has 0 radical (unpaired) electrons. The lowest BCUT2D eigenvalue weighted by Crippen LogP contribution is -2.31. The lowest BCUT2D eigenvalue weighted by Gasteiger charge is -2.19. The van der Waals surface area contributed by atoms with Crippen LogP contribution in [0.1, 0.15) is 19.4 Å². The summed E-state index contributed by atoms with van der Waals surface area (Å²) in [4.78, 5) is 32.6. The van der Waals surface area contributed by atoms with E-state index < -0.39 is 22.0 Å². The number of anilines is 1. The van der Waals surface area contributed by atoms with E-state index in [1.54, 1.807) is 32.0 Å². The number of nitrogens with zero attached hydrogens (tertiary/aromatic N) is 2. The van der Waals surface area contributed by atoms with Gasteiger partial charge in [0.05, 0.1) is 11.4 Å². The molecule has 2 aromatic rings. The molecule has 11 heteroatoms. The predicted octanol–water partition coefficient (Wildman–Crippen LogP) is 1.94. The van der Waals surface area contributed by atoms with Crippen molar-refractivity contribution in [3.63, 3.8) is 0 Å². The van der Waals surface area contributed by atoms with Gasteiger partial charge in [-0.25, -0.2) is 18.0 Å². The zero-order chi connectivity index (χ0) is 25.0. The van der Waals surface area contributed by atoms with Crippen molar-refractivity contribution < 1.29 is 33.0 Å². The lowest BCUT2D eigenvalue weighted by molar-refractivity contribution is -0.159. The first kappa shape index (κ1) is 27.8. The fourth-order valence-electron chi connectivity index (χ4n) is 2.84. The van der Waals surface area contributed by atoms with Crippen LogP contribution in [0.25, 0.3) is 0 Å². The second kappa shape index (κ2) is 13.3. The van der Waals surface area contributed by atoms with Crippen LogP contribution in [-0.2, 0) is 31.0 Å². The van der Waals surface area contributed by atoms with E-state index in [1.807, 2.05) is 42.3 Å². The van der Waals surface area contributed by atoms with Crippen molar-refractivity contribution in [2.75, 3.05) is 32.0 Å². The number of rotatable bonds is 9. The molecular formula is C22H29N3O7S. The topological polar surface area (TPSA) is 144 Å². The maximum atomic E-state index is 12.6. The Kier molecular flexibility index (Phi) is 11.2. The molecule has 0 atom stereocenters. The largest absolute Gasteiger partial charge is 0.473 e. The summed E-state index contributed by atoms with van der Waals surface area (Å²) < 4.78 is 26.6. The molecule has 180 valence electrons. The number of hydrogen-bond donors (Lipinski definition) is 3. The summed E-state index contributed by atoms with van der Waals surface area (Å²) in [7, 11) is -1.68. The minimum Gasteiger partial charge on any atom is -0.473 e. The van der Waals surface area contributed by atoms with Crippen LogP contribution in [0.15, 0.2) is 59.5 Å². The molecule has 3 N–H and O–H groups in total. The Morgan fingerprint density at radius 2 is 1.48 bits per heavy atom. The Morgan fingerprint density at radius 1 is 0.909 bits per heavy atom. The van der Waals surface area contributed by atoms with Crippen molar-refractivity contribution in [3.8, 4) is 0 Å².